The van der Waals surface area contributed by atoms with Gasteiger partial charge >= 0.3 is 0 Å². The lowest BCUT2D eigenvalue weighted by Gasteiger charge is -2.28. The summed E-state index contributed by atoms with van der Waals surface area (Å²) in [5.74, 6) is 0.333. The molecule has 4 heteroatoms. The number of benzene rings is 1. The maximum Gasteiger partial charge on any atom is 0.289 e. The third-order valence-electron chi connectivity index (χ3n) is 3.92. The van der Waals surface area contributed by atoms with Crippen LogP contribution in [0.4, 0.5) is 0 Å². The summed E-state index contributed by atoms with van der Waals surface area (Å²) in [6.07, 6.45) is 0. The van der Waals surface area contributed by atoms with Crippen LogP contribution in [0.3, 0.4) is 0 Å². The maximum atomic E-state index is 12.6. The molecule has 4 nitrogen and oxygen atoms in total. The normalized spacial score (nSPS) is 11.9. The summed E-state index contributed by atoms with van der Waals surface area (Å²) in [6.45, 7) is 9.14. The molecule has 1 heterocycles. The lowest BCUT2D eigenvalue weighted by Crippen LogP contribution is -2.39. The number of rotatable bonds is 4. The highest BCUT2D eigenvalue weighted by Gasteiger charge is 2.26. The molecule has 2 aromatic rings. The molecule has 114 valence electrons. The zero-order valence-electron chi connectivity index (χ0n) is 13.5. The fourth-order valence-electron chi connectivity index (χ4n) is 2.54. The van der Waals surface area contributed by atoms with Crippen molar-refractivity contribution in [2.45, 2.75) is 27.7 Å². The molecule has 0 unspecified atom stereocenters. The van der Waals surface area contributed by atoms with Crippen molar-refractivity contribution in [3.8, 4) is 0 Å². The van der Waals surface area contributed by atoms with E-state index in [0.717, 1.165) is 22.1 Å². The third-order valence-corrected chi connectivity index (χ3v) is 3.92. The number of aryl methyl sites for hydroxylation is 2. The third kappa shape index (κ3) is 2.95. The molecule has 0 saturated carbocycles. The Morgan fingerprint density at radius 3 is 2.57 bits per heavy atom. The van der Waals surface area contributed by atoms with Crippen LogP contribution in [0.15, 0.2) is 22.6 Å². The zero-order valence-corrected chi connectivity index (χ0v) is 13.5. The summed E-state index contributed by atoms with van der Waals surface area (Å²) in [5.41, 5.74) is 8.37. The van der Waals surface area contributed by atoms with E-state index in [0.29, 0.717) is 18.8 Å². The summed E-state index contributed by atoms with van der Waals surface area (Å²) < 4.78 is 5.84. The molecule has 1 amide bonds. The summed E-state index contributed by atoms with van der Waals surface area (Å²) in [7, 11) is 1.79. The van der Waals surface area contributed by atoms with Crippen molar-refractivity contribution in [2.75, 3.05) is 20.1 Å². The predicted octanol–water partition coefficient (Wildman–Crippen LogP) is 3.11. The quantitative estimate of drug-likeness (QED) is 0.940. The second kappa shape index (κ2) is 5.53. The number of nitrogens with two attached hydrogens (primary N) is 1. The van der Waals surface area contributed by atoms with E-state index in [1.807, 2.05) is 45.9 Å². The van der Waals surface area contributed by atoms with E-state index in [4.69, 9.17) is 10.2 Å². The average molecular weight is 288 g/mol. The van der Waals surface area contributed by atoms with E-state index in [9.17, 15) is 4.79 Å². The number of para-hydroxylation sites is 1. The first-order chi connectivity index (χ1) is 9.76. The Hall–Kier alpha value is -1.81. The molecule has 0 aliphatic rings. The summed E-state index contributed by atoms with van der Waals surface area (Å²) in [5, 5.41) is 1.00. The van der Waals surface area contributed by atoms with Gasteiger partial charge in [-0.25, -0.2) is 0 Å². The Bertz CT molecular complexity index is 671. The lowest BCUT2D eigenvalue weighted by molar-refractivity contribution is 0.0710. The van der Waals surface area contributed by atoms with Gasteiger partial charge in [0.2, 0.25) is 0 Å². The van der Waals surface area contributed by atoms with Crippen LogP contribution < -0.4 is 5.73 Å². The van der Waals surface area contributed by atoms with E-state index in [-0.39, 0.29) is 11.3 Å². The topological polar surface area (TPSA) is 59.5 Å². The Morgan fingerprint density at radius 1 is 1.33 bits per heavy atom. The predicted molar refractivity (Wildman–Crippen MR) is 85.5 cm³/mol. The maximum absolute atomic E-state index is 12.6. The van der Waals surface area contributed by atoms with E-state index in [1.165, 1.54) is 0 Å². The molecule has 0 aliphatic carbocycles. The average Bonchev–Trinajstić information content (AvgIpc) is 2.77. The standard InChI is InChI=1S/C17H24N2O2/c1-11-7-6-8-13-12(2)15(21-14(11)13)16(20)19(5)10-17(3,4)9-18/h6-8H,9-10,18H2,1-5H3. The lowest BCUT2D eigenvalue weighted by atomic mass is 9.93. The van der Waals surface area contributed by atoms with Crippen LogP contribution >= 0.6 is 0 Å². The Kier molecular flexibility index (Phi) is 4.10. The van der Waals surface area contributed by atoms with Crippen LogP contribution in [0.1, 0.15) is 35.5 Å². The first kappa shape index (κ1) is 15.6. The van der Waals surface area contributed by atoms with Crippen LogP contribution in [-0.4, -0.2) is 30.9 Å². The van der Waals surface area contributed by atoms with Gasteiger partial charge in [-0.05, 0) is 31.4 Å². The number of hydrogen-bond acceptors (Lipinski definition) is 3. The number of carbonyl (C=O) groups is 1. The van der Waals surface area contributed by atoms with Gasteiger partial charge in [-0.2, -0.15) is 0 Å². The highest BCUT2D eigenvalue weighted by Crippen LogP contribution is 2.28. The van der Waals surface area contributed by atoms with Crippen molar-refractivity contribution in [3.05, 3.63) is 35.1 Å². The molecular weight excluding hydrogens is 264 g/mol. The first-order valence-corrected chi connectivity index (χ1v) is 7.21. The number of fused-ring (bicyclic) bond motifs is 1. The van der Waals surface area contributed by atoms with Gasteiger partial charge in [0.05, 0.1) is 0 Å². The minimum atomic E-state index is -0.111. The molecule has 1 aromatic heterocycles. The van der Waals surface area contributed by atoms with Crippen molar-refractivity contribution in [1.82, 2.24) is 4.90 Å². The molecule has 0 saturated heterocycles. The van der Waals surface area contributed by atoms with E-state index < -0.39 is 0 Å². The monoisotopic (exact) mass is 288 g/mol. The van der Waals surface area contributed by atoms with Gasteiger partial charge in [0, 0.05) is 24.5 Å². The molecule has 0 spiro atoms. The van der Waals surface area contributed by atoms with Gasteiger partial charge < -0.3 is 15.1 Å². The van der Waals surface area contributed by atoms with Gasteiger partial charge in [-0.3, -0.25) is 4.79 Å². The molecule has 1 aromatic carbocycles. The van der Waals surface area contributed by atoms with E-state index >= 15 is 0 Å². The summed E-state index contributed by atoms with van der Waals surface area (Å²) >= 11 is 0. The van der Waals surface area contributed by atoms with Crippen LogP contribution in [0.2, 0.25) is 0 Å². The van der Waals surface area contributed by atoms with Crippen LogP contribution in [0.25, 0.3) is 11.0 Å². The molecule has 2 rings (SSSR count). The van der Waals surface area contributed by atoms with Crippen LogP contribution in [0.5, 0.6) is 0 Å². The molecule has 0 fully saturated rings. The van der Waals surface area contributed by atoms with Crippen molar-refractivity contribution in [2.24, 2.45) is 11.1 Å². The number of hydrogen-bond donors (Lipinski definition) is 1. The SMILES string of the molecule is Cc1c(C(=O)N(C)CC(C)(C)CN)oc2c(C)cccc12. The molecule has 0 atom stereocenters. The van der Waals surface area contributed by atoms with Crippen LogP contribution in [0, 0.1) is 19.3 Å². The second-order valence-corrected chi connectivity index (χ2v) is 6.54. The fraction of sp³-hybridized carbons (Fsp3) is 0.471. The highest BCUT2D eigenvalue weighted by molar-refractivity contribution is 5.99. The molecular formula is C17H24N2O2. The van der Waals surface area contributed by atoms with Gasteiger partial charge in [-0.15, -0.1) is 0 Å². The number of furan rings is 1. The molecule has 0 radical (unpaired) electrons. The Balaban J connectivity index is 2.36. The number of amides is 1. The van der Waals surface area contributed by atoms with Crippen molar-refractivity contribution >= 4 is 16.9 Å². The van der Waals surface area contributed by atoms with Crippen molar-refractivity contribution < 1.29 is 9.21 Å². The number of nitrogens with zero attached hydrogens (tertiary/aromatic N) is 1. The Morgan fingerprint density at radius 2 is 2.00 bits per heavy atom. The molecule has 21 heavy (non-hydrogen) atoms. The minimum Gasteiger partial charge on any atom is -0.450 e. The van der Waals surface area contributed by atoms with Crippen LogP contribution in [-0.2, 0) is 0 Å². The fourth-order valence-corrected chi connectivity index (χ4v) is 2.54. The van der Waals surface area contributed by atoms with Crippen molar-refractivity contribution in [1.29, 1.82) is 0 Å². The minimum absolute atomic E-state index is 0.0929. The van der Waals surface area contributed by atoms with Gasteiger partial charge in [-0.1, -0.05) is 32.0 Å². The van der Waals surface area contributed by atoms with Gasteiger partial charge in [0.25, 0.3) is 5.91 Å². The van der Waals surface area contributed by atoms with Gasteiger partial charge in [0.1, 0.15) is 5.58 Å². The summed E-state index contributed by atoms with van der Waals surface area (Å²) in [6, 6.07) is 5.96. The smallest absolute Gasteiger partial charge is 0.289 e. The van der Waals surface area contributed by atoms with Crippen molar-refractivity contribution in [3.63, 3.8) is 0 Å². The second-order valence-electron chi connectivity index (χ2n) is 6.54. The number of carbonyl (C=O) groups excluding carboxylic acids is 1. The summed E-state index contributed by atoms with van der Waals surface area (Å²) in [4.78, 5) is 14.3. The molecule has 0 bridgehead atoms. The van der Waals surface area contributed by atoms with E-state index in [2.05, 4.69) is 0 Å². The molecule has 0 aliphatic heterocycles. The Labute approximate surface area is 125 Å². The zero-order chi connectivity index (χ0) is 15.8. The first-order valence-electron chi connectivity index (χ1n) is 7.21. The highest BCUT2D eigenvalue weighted by atomic mass is 16.3. The van der Waals surface area contributed by atoms with E-state index in [1.54, 1.807) is 11.9 Å². The largest absolute Gasteiger partial charge is 0.450 e. The van der Waals surface area contributed by atoms with Gasteiger partial charge in [0.15, 0.2) is 5.76 Å². The molecule has 2 N–H and O–H groups in total.